The quantitative estimate of drug-likeness (QED) is 0.559. The van der Waals surface area contributed by atoms with E-state index < -0.39 is 23.8 Å². The number of amides is 3. The predicted molar refractivity (Wildman–Crippen MR) is 157 cm³/mol. The smallest absolute Gasteiger partial charge is 0.408 e. The van der Waals surface area contributed by atoms with Crippen LogP contribution in [0.1, 0.15) is 48.5 Å². The summed E-state index contributed by atoms with van der Waals surface area (Å²) in [5, 5.41) is 2.61. The van der Waals surface area contributed by atoms with Gasteiger partial charge in [-0.25, -0.2) is 4.79 Å². The van der Waals surface area contributed by atoms with Gasteiger partial charge in [0, 0.05) is 12.1 Å². The van der Waals surface area contributed by atoms with E-state index in [9.17, 15) is 14.4 Å². The summed E-state index contributed by atoms with van der Waals surface area (Å²) in [7, 11) is 0. The number of carbonyl (C=O) groups is 3. The van der Waals surface area contributed by atoms with Gasteiger partial charge in [0.15, 0.2) is 0 Å². The number of fused-ring (bicyclic) bond motifs is 2. The number of anilines is 2. The number of nitrogens with two attached hydrogens (primary N) is 1. The molecule has 0 unspecified atom stereocenters. The van der Waals surface area contributed by atoms with E-state index >= 15 is 0 Å². The Morgan fingerprint density at radius 3 is 1.80 bits per heavy atom. The zero-order valence-electron chi connectivity index (χ0n) is 24.2. The molecule has 4 rings (SSSR count). The lowest BCUT2D eigenvalue weighted by molar-refractivity contribution is -0.121. The molecule has 3 N–H and O–H groups in total. The van der Waals surface area contributed by atoms with E-state index in [-0.39, 0.29) is 49.5 Å². The molecule has 220 valence electrons. The molecule has 0 spiro atoms. The van der Waals surface area contributed by atoms with Gasteiger partial charge in [0.1, 0.15) is 42.4 Å². The van der Waals surface area contributed by atoms with Crippen molar-refractivity contribution >= 4 is 41.7 Å². The van der Waals surface area contributed by atoms with Crippen LogP contribution in [-0.4, -0.2) is 60.9 Å². The zero-order valence-corrected chi connectivity index (χ0v) is 25.0. The fourth-order valence-electron chi connectivity index (χ4n) is 4.25. The molecule has 10 nitrogen and oxygen atoms in total. The summed E-state index contributed by atoms with van der Waals surface area (Å²) in [4.78, 5) is 40.2. The van der Waals surface area contributed by atoms with Gasteiger partial charge in [-0.05, 0) is 72.7 Å². The lowest BCUT2D eigenvalue weighted by Crippen LogP contribution is -2.53. The van der Waals surface area contributed by atoms with Crippen LogP contribution in [-0.2, 0) is 14.3 Å². The van der Waals surface area contributed by atoms with Crippen molar-refractivity contribution in [2.45, 2.75) is 78.2 Å². The zero-order chi connectivity index (χ0) is 28.9. The summed E-state index contributed by atoms with van der Waals surface area (Å²) >= 11 is 0. The summed E-state index contributed by atoms with van der Waals surface area (Å²) in [6.07, 6.45) is -0.630. The number of alkyl carbamates (subject to hydrolysis) is 1. The summed E-state index contributed by atoms with van der Waals surface area (Å²) in [6.45, 7) is 13.4. The van der Waals surface area contributed by atoms with Crippen molar-refractivity contribution in [2.24, 2.45) is 5.73 Å². The van der Waals surface area contributed by atoms with Crippen LogP contribution in [0.15, 0.2) is 48.5 Å². The highest BCUT2D eigenvalue weighted by Gasteiger charge is 2.35. The van der Waals surface area contributed by atoms with E-state index in [2.05, 4.69) is 5.32 Å². The maximum absolute atomic E-state index is 12.8. The molecule has 0 radical (unpaired) electrons. The largest absolute Gasteiger partial charge is 0.489 e. The third kappa shape index (κ3) is 8.02. The van der Waals surface area contributed by atoms with Crippen molar-refractivity contribution in [3.8, 4) is 11.5 Å². The van der Waals surface area contributed by atoms with Gasteiger partial charge in [-0.15, -0.1) is 12.4 Å². The van der Waals surface area contributed by atoms with Gasteiger partial charge >= 0.3 is 6.09 Å². The van der Waals surface area contributed by atoms with Gasteiger partial charge in [0.25, 0.3) is 5.91 Å². The molecule has 0 saturated heterocycles. The van der Waals surface area contributed by atoms with Crippen molar-refractivity contribution in [2.75, 3.05) is 23.0 Å². The number of halogens is 1. The fraction of sp³-hybridized carbons (Fsp3) is 0.483. The third-order valence-electron chi connectivity index (χ3n) is 5.89. The first-order valence-corrected chi connectivity index (χ1v) is 13.1. The van der Waals surface area contributed by atoms with Crippen LogP contribution in [0.25, 0.3) is 0 Å². The van der Waals surface area contributed by atoms with Crippen LogP contribution < -0.4 is 30.3 Å². The minimum absolute atomic E-state index is 0. The first-order chi connectivity index (χ1) is 18.3. The number of para-hydroxylation sites is 4. The number of rotatable bonds is 3. The summed E-state index contributed by atoms with van der Waals surface area (Å²) in [5.74, 6) is 1.05. The van der Waals surface area contributed by atoms with Crippen LogP contribution in [0.2, 0.25) is 0 Å². The lowest BCUT2D eigenvalue weighted by Gasteiger charge is -2.28. The molecule has 0 aliphatic carbocycles. The second-order valence-corrected chi connectivity index (χ2v) is 11.0. The number of nitrogens with one attached hydrogen (secondary N) is 1. The van der Waals surface area contributed by atoms with E-state index in [4.69, 9.17) is 19.9 Å². The van der Waals surface area contributed by atoms with Crippen molar-refractivity contribution < 1.29 is 28.6 Å². The summed E-state index contributed by atoms with van der Waals surface area (Å²) < 4.78 is 16.5. The van der Waals surface area contributed by atoms with E-state index in [1.807, 2.05) is 76.2 Å². The molecule has 2 heterocycles. The Hall–Kier alpha value is -3.50. The Balaban J connectivity index is 0.000000290. The minimum atomic E-state index is -0.792. The predicted octanol–water partition coefficient (Wildman–Crippen LogP) is 4.28. The summed E-state index contributed by atoms with van der Waals surface area (Å²) in [6, 6.07) is 13.5. The number of ether oxygens (including phenoxy) is 3. The monoisotopic (exact) mass is 576 g/mol. The molecule has 0 saturated carbocycles. The number of hydrogen-bond donors (Lipinski definition) is 2. The Kier molecular flexibility index (Phi) is 11.2. The molecule has 2 aromatic carbocycles. The molecule has 2 aliphatic heterocycles. The second-order valence-electron chi connectivity index (χ2n) is 11.0. The van der Waals surface area contributed by atoms with Crippen molar-refractivity contribution in [3.05, 3.63) is 48.5 Å². The van der Waals surface area contributed by atoms with E-state index in [1.165, 1.54) is 0 Å². The Morgan fingerprint density at radius 1 is 0.875 bits per heavy atom. The van der Waals surface area contributed by atoms with E-state index in [1.54, 1.807) is 30.6 Å². The second kappa shape index (κ2) is 13.7. The average molecular weight is 577 g/mol. The van der Waals surface area contributed by atoms with Crippen LogP contribution in [0.3, 0.4) is 0 Å². The minimum Gasteiger partial charge on any atom is -0.489 e. The van der Waals surface area contributed by atoms with Crippen molar-refractivity contribution in [3.63, 3.8) is 0 Å². The normalized spacial score (nSPS) is 18.6. The molecule has 3 amide bonds. The maximum Gasteiger partial charge on any atom is 0.408 e. The van der Waals surface area contributed by atoms with Gasteiger partial charge < -0.3 is 35.1 Å². The van der Waals surface area contributed by atoms with Crippen molar-refractivity contribution in [1.82, 2.24) is 5.32 Å². The Bertz CT molecular complexity index is 1180. The van der Waals surface area contributed by atoms with Gasteiger partial charge in [0.05, 0.1) is 11.4 Å². The van der Waals surface area contributed by atoms with Crippen LogP contribution in [0, 0.1) is 0 Å². The number of benzene rings is 2. The molecule has 0 fully saturated rings. The van der Waals surface area contributed by atoms with Crippen LogP contribution in [0.5, 0.6) is 11.5 Å². The topological polar surface area (TPSA) is 123 Å². The molecule has 2 aromatic rings. The molecule has 0 bridgehead atoms. The molecule has 40 heavy (non-hydrogen) atoms. The highest BCUT2D eigenvalue weighted by Crippen LogP contribution is 2.33. The highest BCUT2D eigenvalue weighted by molar-refractivity contribution is 6.01. The van der Waals surface area contributed by atoms with Crippen LogP contribution >= 0.6 is 12.4 Å². The summed E-state index contributed by atoms with van der Waals surface area (Å²) in [5.41, 5.74) is 6.65. The van der Waals surface area contributed by atoms with Gasteiger partial charge in [-0.1, -0.05) is 24.3 Å². The Morgan fingerprint density at radius 2 is 1.32 bits per heavy atom. The standard InChI is InChI=1S/C17H24N2O4.C12H16N2O2.ClH/c1-11(2)19-13-8-6-7-9-14(13)22-10-12(15(19)20)18-16(21)23-17(3,4)5;1-8(2)14-10-5-3-4-6-11(10)16-7-9(13)12(14)15;/h6-9,11-12H,10H2,1-5H3,(H,18,21);3-6,8-9H,7,13H2,1-2H3;1H/t12-;9-;/m00./s1. The number of hydrogen-bond acceptors (Lipinski definition) is 7. The van der Waals surface area contributed by atoms with Gasteiger partial charge in [-0.2, -0.15) is 0 Å². The first kappa shape index (κ1) is 32.7. The van der Waals surface area contributed by atoms with Crippen LogP contribution in [0.4, 0.5) is 16.2 Å². The molecule has 11 heteroatoms. The van der Waals surface area contributed by atoms with Crippen molar-refractivity contribution in [1.29, 1.82) is 0 Å². The lowest BCUT2D eigenvalue weighted by atomic mass is 10.2. The van der Waals surface area contributed by atoms with Gasteiger partial charge in [0.2, 0.25) is 5.91 Å². The fourth-order valence-corrected chi connectivity index (χ4v) is 4.25. The molecule has 2 atom stereocenters. The SMILES string of the molecule is CC(C)N1C(=O)[C@@H](N)COc2ccccc21.CC(C)N1C(=O)[C@@H](NC(=O)OC(C)(C)C)COc2ccccc21.Cl. The maximum atomic E-state index is 12.8. The number of nitrogens with zero attached hydrogens (tertiary/aromatic N) is 2. The number of carbonyl (C=O) groups excluding carboxylic acids is 3. The molecule has 0 aromatic heterocycles. The molecular formula is C29H41ClN4O6. The highest BCUT2D eigenvalue weighted by atomic mass is 35.5. The van der Waals surface area contributed by atoms with E-state index in [0.717, 1.165) is 11.4 Å². The average Bonchev–Trinajstić information content (AvgIpc) is 3.06. The van der Waals surface area contributed by atoms with Gasteiger partial charge in [-0.3, -0.25) is 9.59 Å². The first-order valence-electron chi connectivity index (χ1n) is 13.1. The molecule has 2 aliphatic rings. The third-order valence-corrected chi connectivity index (χ3v) is 5.89. The van der Waals surface area contributed by atoms with E-state index in [0.29, 0.717) is 11.4 Å². The Labute approximate surface area is 242 Å². The molecular weight excluding hydrogens is 536 g/mol.